The van der Waals surface area contributed by atoms with Crippen molar-refractivity contribution in [2.75, 3.05) is 11.1 Å². The number of nitrogens with zero attached hydrogens (tertiary/aromatic N) is 2. The molecule has 4 nitrogen and oxygen atoms in total. The predicted molar refractivity (Wildman–Crippen MR) is 61.2 cm³/mol. The highest BCUT2D eigenvalue weighted by molar-refractivity contribution is 6.29. The molecule has 0 aromatic carbocycles. The standard InChI is InChI=1S/C10H9ClN4/c11-9-4-3-7(6-14-9)15-8-2-1-5-13-10(8)12/h1-6,15H,(H2,12,13). The van der Waals surface area contributed by atoms with Crippen molar-refractivity contribution in [1.29, 1.82) is 0 Å². The zero-order valence-electron chi connectivity index (χ0n) is 7.81. The Morgan fingerprint density at radius 2 is 2.07 bits per heavy atom. The molecule has 2 rings (SSSR count). The summed E-state index contributed by atoms with van der Waals surface area (Å²) in [6.45, 7) is 0. The van der Waals surface area contributed by atoms with Gasteiger partial charge in [0.1, 0.15) is 11.0 Å². The van der Waals surface area contributed by atoms with Gasteiger partial charge in [-0.15, -0.1) is 0 Å². The molecule has 0 radical (unpaired) electrons. The molecule has 0 spiro atoms. The van der Waals surface area contributed by atoms with Gasteiger partial charge in [0, 0.05) is 6.20 Å². The first-order valence-electron chi connectivity index (χ1n) is 4.35. The molecule has 0 saturated heterocycles. The molecule has 2 aromatic heterocycles. The number of rotatable bonds is 2. The summed E-state index contributed by atoms with van der Waals surface area (Å²) in [7, 11) is 0. The molecule has 3 N–H and O–H groups in total. The van der Waals surface area contributed by atoms with Crippen molar-refractivity contribution >= 4 is 28.8 Å². The maximum Gasteiger partial charge on any atom is 0.147 e. The first kappa shape index (κ1) is 9.73. The third kappa shape index (κ3) is 2.35. The van der Waals surface area contributed by atoms with Crippen molar-refractivity contribution in [3.8, 4) is 0 Å². The van der Waals surface area contributed by atoms with Crippen LogP contribution in [-0.4, -0.2) is 9.97 Å². The molecular weight excluding hydrogens is 212 g/mol. The Bertz CT molecular complexity index is 455. The van der Waals surface area contributed by atoms with Crippen LogP contribution in [0, 0.1) is 0 Å². The lowest BCUT2D eigenvalue weighted by molar-refractivity contribution is 1.30. The average Bonchev–Trinajstić information content (AvgIpc) is 2.25. The summed E-state index contributed by atoms with van der Waals surface area (Å²) in [5.41, 5.74) is 7.25. The van der Waals surface area contributed by atoms with E-state index in [4.69, 9.17) is 17.3 Å². The summed E-state index contributed by atoms with van der Waals surface area (Å²) in [4.78, 5) is 7.91. The minimum atomic E-state index is 0.451. The molecule has 2 aromatic rings. The average molecular weight is 221 g/mol. The predicted octanol–water partition coefficient (Wildman–Crippen LogP) is 2.46. The quantitative estimate of drug-likeness (QED) is 0.764. The van der Waals surface area contributed by atoms with E-state index in [2.05, 4.69) is 15.3 Å². The molecule has 76 valence electrons. The van der Waals surface area contributed by atoms with E-state index in [1.165, 1.54) is 0 Å². The van der Waals surface area contributed by atoms with Gasteiger partial charge in [0.05, 0.1) is 17.6 Å². The SMILES string of the molecule is Nc1ncccc1Nc1ccc(Cl)nc1. The highest BCUT2D eigenvalue weighted by Crippen LogP contribution is 2.20. The number of hydrogen-bond acceptors (Lipinski definition) is 4. The Balaban J connectivity index is 2.22. The van der Waals surface area contributed by atoms with Crippen molar-refractivity contribution in [2.24, 2.45) is 0 Å². The Labute approximate surface area is 92.1 Å². The van der Waals surface area contributed by atoms with Gasteiger partial charge in [-0.25, -0.2) is 9.97 Å². The summed E-state index contributed by atoms with van der Waals surface area (Å²) in [6.07, 6.45) is 3.27. The molecule has 0 bridgehead atoms. The minimum absolute atomic E-state index is 0.451. The van der Waals surface area contributed by atoms with Crippen molar-refractivity contribution in [3.63, 3.8) is 0 Å². The van der Waals surface area contributed by atoms with E-state index in [1.54, 1.807) is 18.5 Å². The maximum absolute atomic E-state index is 5.68. The van der Waals surface area contributed by atoms with E-state index in [0.29, 0.717) is 11.0 Å². The van der Waals surface area contributed by atoms with Gasteiger partial charge in [0.25, 0.3) is 0 Å². The lowest BCUT2D eigenvalue weighted by atomic mass is 10.3. The van der Waals surface area contributed by atoms with Gasteiger partial charge in [-0.2, -0.15) is 0 Å². The highest BCUT2D eigenvalue weighted by Gasteiger charge is 1.99. The van der Waals surface area contributed by atoms with Crippen LogP contribution in [0.4, 0.5) is 17.2 Å². The summed E-state index contributed by atoms with van der Waals surface area (Å²) < 4.78 is 0. The molecule has 15 heavy (non-hydrogen) atoms. The number of hydrogen-bond donors (Lipinski definition) is 2. The Morgan fingerprint density at radius 1 is 1.20 bits per heavy atom. The topological polar surface area (TPSA) is 63.8 Å². The smallest absolute Gasteiger partial charge is 0.147 e. The highest BCUT2D eigenvalue weighted by atomic mass is 35.5. The van der Waals surface area contributed by atoms with Gasteiger partial charge in [-0.3, -0.25) is 0 Å². The number of anilines is 3. The zero-order valence-corrected chi connectivity index (χ0v) is 8.57. The lowest BCUT2D eigenvalue weighted by Gasteiger charge is -2.07. The van der Waals surface area contributed by atoms with Crippen molar-refractivity contribution in [1.82, 2.24) is 9.97 Å². The molecule has 0 fully saturated rings. The fraction of sp³-hybridized carbons (Fsp3) is 0. The number of aromatic nitrogens is 2. The fourth-order valence-electron chi connectivity index (χ4n) is 1.13. The Kier molecular flexibility index (Phi) is 2.69. The first-order valence-corrected chi connectivity index (χ1v) is 4.72. The lowest BCUT2D eigenvalue weighted by Crippen LogP contribution is -1.98. The monoisotopic (exact) mass is 220 g/mol. The number of halogens is 1. The second-order valence-electron chi connectivity index (χ2n) is 2.93. The second-order valence-corrected chi connectivity index (χ2v) is 3.32. The summed E-state index contributed by atoms with van der Waals surface area (Å²) in [6, 6.07) is 7.18. The molecule has 0 aliphatic carbocycles. The zero-order chi connectivity index (χ0) is 10.7. The van der Waals surface area contributed by atoms with Crippen LogP contribution in [0.1, 0.15) is 0 Å². The molecule has 0 aliphatic heterocycles. The summed E-state index contributed by atoms with van der Waals surface area (Å²) in [5.74, 6) is 0.451. The number of nitrogens with two attached hydrogens (primary N) is 1. The summed E-state index contributed by atoms with van der Waals surface area (Å²) >= 11 is 5.67. The van der Waals surface area contributed by atoms with Crippen molar-refractivity contribution in [2.45, 2.75) is 0 Å². The van der Waals surface area contributed by atoms with Crippen LogP contribution in [-0.2, 0) is 0 Å². The molecule has 0 amide bonds. The van der Waals surface area contributed by atoms with Crippen LogP contribution in [0.5, 0.6) is 0 Å². The van der Waals surface area contributed by atoms with Crippen molar-refractivity contribution < 1.29 is 0 Å². The van der Waals surface area contributed by atoms with Crippen LogP contribution < -0.4 is 11.1 Å². The van der Waals surface area contributed by atoms with E-state index >= 15 is 0 Å². The van der Waals surface area contributed by atoms with E-state index in [9.17, 15) is 0 Å². The molecule has 0 saturated carbocycles. The first-order chi connectivity index (χ1) is 7.25. The van der Waals surface area contributed by atoms with Gasteiger partial charge >= 0.3 is 0 Å². The van der Waals surface area contributed by atoms with E-state index in [0.717, 1.165) is 11.4 Å². The second kappa shape index (κ2) is 4.14. The van der Waals surface area contributed by atoms with Crippen LogP contribution >= 0.6 is 11.6 Å². The van der Waals surface area contributed by atoms with Gasteiger partial charge in [-0.05, 0) is 24.3 Å². The molecule has 0 unspecified atom stereocenters. The molecule has 5 heteroatoms. The third-order valence-corrected chi connectivity index (χ3v) is 2.07. The minimum Gasteiger partial charge on any atom is -0.382 e. The fourth-order valence-corrected chi connectivity index (χ4v) is 1.24. The van der Waals surface area contributed by atoms with Gasteiger partial charge < -0.3 is 11.1 Å². The van der Waals surface area contributed by atoms with Gasteiger partial charge in [-0.1, -0.05) is 11.6 Å². The van der Waals surface area contributed by atoms with Crippen LogP contribution in [0.25, 0.3) is 0 Å². The molecule has 0 atom stereocenters. The largest absolute Gasteiger partial charge is 0.382 e. The Hall–Kier alpha value is -1.81. The summed E-state index contributed by atoms with van der Waals surface area (Å²) in [5, 5.41) is 3.55. The van der Waals surface area contributed by atoms with Gasteiger partial charge in [0.15, 0.2) is 0 Å². The molecule has 2 heterocycles. The number of nitrogen functional groups attached to an aromatic ring is 1. The third-order valence-electron chi connectivity index (χ3n) is 1.84. The Morgan fingerprint density at radius 3 is 2.73 bits per heavy atom. The molecule has 0 aliphatic rings. The maximum atomic E-state index is 5.68. The van der Waals surface area contributed by atoms with Crippen LogP contribution in [0.15, 0.2) is 36.7 Å². The van der Waals surface area contributed by atoms with E-state index in [1.807, 2.05) is 18.2 Å². The van der Waals surface area contributed by atoms with E-state index < -0.39 is 0 Å². The van der Waals surface area contributed by atoms with Gasteiger partial charge in [0.2, 0.25) is 0 Å². The van der Waals surface area contributed by atoms with E-state index in [-0.39, 0.29) is 0 Å². The normalized spacial score (nSPS) is 9.93. The number of nitrogens with one attached hydrogen (secondary N) is 1. The van der Waals surface area contributed by atoms with Crippen LogP contribution in [0.3, 0.4) is 0 Å². The van der Waals surface area contributed by atoms with Crippen molar-refractivity contribution in [3.05, 3.63) is 41.8 Å². The van der Waals surface area contributed by atoms with Crippen LogP contribution in [0.2, 0.25) is 5.15 Å². The number of pyridine rings is 2. The molecular formula is C10H9ClN4.